The number of carbonyl (C=O) groups is 2. The Kier molecular flexibility index (Phi) is 6.61. The van der Waals surface area contributed by atoms with Crippen molar-refractivity contribution in [2.75, 3.05) is 11.9 Å². The summed E-state index contributed by atoms with van der Waals surface area (Å²) in [5.74, 6) is -0.836. The van der Waals surface area contributed by atoms with Gasteiger partial charge >= 0.3 is 6.18 Å². The van der Waals surface area contributed by atoms with Crippen molar-refractivity contribution < 1.29 is 27.2 Å². The first kappa shape index (κ1) is 21.6. The Morgan fingerprint density at radius 1 is 1.03 bits per heavy atom. The van der Waals surface area contributed by atoms with Crippen molar-refractivity contribution in [2.45, 2.75) is 12.7 Å². The van der Waals surface area contributed by atoms with Crippen LogP contribution < -0.4 is 5.32 Å². The van der Waals surface area contributed by atoms with Crippen LogP contribution in [-0.4, -0.2) is 23.3 Å². The number of benzene rings is 2. The number of para-hydroxylation sites is 1. The van der Waals surface area contributed by atoms with Gasteiger partial charge in [-0.3, -0.25) is 9.59 Å². The van der Waals surface area contributed by atoms with Gasteiger partial charge in [0.05, 0.1) is 24.1 Å². The minimum Gasteiger partial charge on any atom is -0.467 e. The van der Waals surface area contributed by atoms with E-state index in [0.717, 1.165) is 23.1 Å². The van der Waals surface area contributed by atoms with E-state index in [-0.39, 0.29) is 18.7 Å². The van der Waals surface area contributed by atoms with Crippen LogP contribution in [0.5, 0.6) is 0 Å². The van der Waals surface area contributed by atoms with E-state index in [4.69, 9.17) is 4.42 Å². The number of alkyl halides is 3. The van der Waals surface area contributed by atoms with Crippen molar-refractivity contribution in [1.29, 1.82) is 0 Å². The lowest BCUT2D eigenvalue weighted by atomic mass is 10.1. The largest absolute Gasteiger partial charge is 0.467 e. The molecule has 0 fully saturated rings. The average Bonchev–Trinajstić information content (AvgIpc) is 3.21. The van der Waals surface area contributed by atoms with Crippen LogP contribution in [0.1, 0.15) is 21.7 Å². The lowest BCUT2D eigenvalue weighted by molar-refractivity contribution is -0.137. The highest BCUT2D eigenvalue weighted by Gasteiger charge is 2.31. The van der Waals surface area contributed by atoms with Crippen LogP contribution in [0.4, 0.5) is 18.9 Å². The van der Waals surface area contributed by atoms with Crippen LogP contribution in [0, 0.1) is 0 Å². The molecule has 0 bridgehead atoms. The van der Waals surface area contributed by atoms with Gasteiger partial charge in [-0.15, -0.1) is 0 Å². The zero-order valence-corrected chi connectivity index (χ0v) is 17.0. The van der Waals surface area contributed by atoms with Gasteiger partial charge in [-0.1, -0.05) is 18.2 Å². The molecule has 0 unspecified atom stereocenters. The van der Waals surface area contributed by atoms with Crippen LogP contribution >= 0.6 is 15.9 Å². The maximum atomic E-state index is 13.0. The maximum Gasteiger partial charge on any atom is 0.416 e. The van der Waals surface area contributed by atoms with Crippen LogP contribution in [0.2, 0.25) is 0 Å². The van der Waals surface area contributed by atoms with E-state index >= 15 is 0 Å². The molecule has 1 heterocycles. The molecule has 2 amide bonds. The molecule has 0 radical (unpaired) electrons. The maximum absolute atomic E-state index is 13.0. The predicted molar refractivity (Wildman–Crippen MR) is 108 cm³/mol. The summed E-state index contributed by atoms with van der Waals surface area (Å²) >= 11 is 3.31. The summed E-state index contributed by atoms with van der Waals surface area (Å²) in [7, 11) is 0. The van der Waals surface area contributed by atoms with Gasteiger partial charge in [0, 0.05) is 10.0 Å². The Hall–Kier alpha value is -3.07. The number of hydrogen-bond acceptors (Lipinski definition) is 3. The fraction of sp³-hybridized carbons (Fsp3) is 0.143. The van der Waals surface area contributed by atoms with Gasteiger partial charge in [-0.25, -0.2) is 0 Å². The van der Waals surface area contributed by atoms with Gasteiger partial charge in [-0.05, 0) is 58.4 Å². The van der Waals surface area contributed by atoms with E-state index in [1.807, 2.05) is 0 Å². The van der Waals surface area contributed by atoms with Crippen LogP contribution in [0.25, 0.3) is 0 Å². The van der Waals surface area contributed by atoms with E-state index in [2.05, 4.69) is 21.2 Å². The first-order valence-electron chi connectivity index (χ1n) is 8.77. The lowest BCUT2D eigenvalue weighted by Gasteiger charge is -2.22. The smallest absolute Gasteiger partial charge is 0.416 e. The van der Waals surface area contributed by atoms with Crippen molar-refractivity contribution in [2.24, 2.45) is 0 Å². The molecule has 5 nitrogen and oxygen atoms in total. The van der Waals surface area contributed by atoms with Gasteiger partial charge in [0.25, 0.3) is 5.91 Å². The Morgan fingerprint density at radius 3 is 2.47 bits per heavy atom. The van der Waals surface area contributed by atoms with Crippen LogP contribution in [-0.2, 0) is 17.5 Å². The first-order valence-corrected chi connectivity index (χ1v) is 9.56. The number of nitrogens with one attached hydrogen (secondary N) is 1. The molecule has 156 valence electrons. The van der Waals surface area contributed by atoms with Gasteiger partial charge in [0.15, 0.2) is 0 Å². The molecule has 0 saturated carbocycles. The topological polar surface area (TPSA) is 62.6 Å². The number of rotatable bonds is 6. The Labute approximate surface area is 178 Å². The molecule has 0 atom stereocenters. The summed E-state index contributed by atoms with van der Waals surface area (Å²) in [5.41, 5.74) is -0.610. The fourth-order valence-electron chi connectivity index (χ4n) is 2.73. The summed E-state index contributed by atoms with van der Waals surface area (Å²) in [6.45, 7) is -0.456. The highest BCUT2D eigenvalue weighted by Crippen LogP contribution is 2.30. The minimum atomic E-state index is -4.58. The zero-order valence-electron chi connectivity index (χ0n) is 15.4. The molecule has 0 spiro atoms. The van der Waals surface area contributed by atoms with Gasteiger partial charge in [-0.2, -0.15) is 13.2 Å². The molecule has 2 aromatic carbocycles. The molecule has 0 aliphatic rings. The average molecular weight is 481 g/mol. The predicted octanol–water partition coefficient (Wildman–Crippen LogP) is 5.34. The standard InChI is InChI=1S/C21H16BrF3N2O3/c22-17-8-1-2-9-18(17)26-19(28)13-27(12-16-7-4-10-30-16)20(29)14-5-3-6-15(11-14)21(23,24)25/h1-11H,12-13H2,(H,26,28). The van der Waals surface area contributed by atoms with Gasteiger partial charge in [0.1, 0.15) is 12.3 Å². The highest BCUT2D eigenvalue weighted by molar-refractivity contribution is 9.10. The molecular weight excluding hydrogens is 465 g/mol. The number of hydrogen-bond donors (Lipinski definition) is 1. The summed E-state index contributed by atoms with van der Waals surface area (Å²) in [6.07, 6.45) is -3.18. The van der Waals surface area contributed by atoms with E-state index < -0.39 is 23.6 Å². The number of nitrogens with zero attached hydrogens (tertiary/aromatic N) is 1. The molecule has 9 heteroatoms. The van der Waals surface area contributed by atoms with Crippen molar-refractivity contribution in [3.8, 4) is 0 Å². The summed E-state index contributed by atoms with van der Waals surface area (Å²) in [6, 6.07) is 14.2. The number of amides is 2. The SMILES string of the molecule is O=C(CN(Cc1ccco1)C(=O)c1cccc(C(F)(F)F)c1)Nc1ccccc1Br. The molecule has 3 aromatic rings. The summed E-state index contributed by atoms with van der Waals surface area (Å²) in [5, 5.41) is 2.67. The molecule has 0 saturated heterocycles. The molecule has 1 aromatic heterocycles. The van der Waals surface area contributed by atoms with E-state index in [9.17, 15) is 22.8 Å². The monoisotopic (exact) mass is 480 g/mol. The zero-order chi connectivity index (χ0) is 21.7. The third kappa shape index (κ3) is 5.50. The third-order valence-corrected chi connectivity index (χ3v) is 4.82. The molecule has 3 rings (SSSR count). The van der Waals surface area contributed by atoms with Gasteiger partial charge < -0.3 is 14.6 Å². The molecular formula is C21H16BrF3N2O3. The Balaban J connectivity index is 1.82. The fourth-order valence-corrected chi connectivity index (χ4v) is 3.11. The summed E-state index contributed by atoms with van der Waals surface area (Å²) in [4.78, 5) is 26.6. The second kappa shape index (κ2) is 9.17. The second-order valence-corrected chi connectivity index (χ2v) is 7.20. The number of furan rings is 1. The summed E-state index contributed by atoms with van der Waals surface area (Å²) < 4.78 is 44.9. The number of halogens is 4. The normalized spacial score (nSPS) is 11.2. The molecule has 1 N–H and O–H groups in total. The molecule has 30 heavy (non-hydrogen) atoms. The van der Waals surface area contributed by atoms with E-state index in [1.165, 1.54) is 12.3 Å². The van der Waals surface area contributed by atoms with Crippen molar-refractivity contribution in [3.63, 3.8) is 0 Å². The Morgan fingerprint density at radius 2 is 1.80 bits per heavy atom. The van der Waals surface area contributed by atoms with Crippen molar-refractivity contribution >= 4 is 33.4 Å². The highest BCUT2D eigenvalue weighted by atomic mass is 79.9. The van der Waals surface area contributed by atoms with Crippen LogP contribution in [0.3, 0.4) is 0 Å². The second-order valence-electron chi connectivity index (χ2n) is 6.35. The van der Waals surface area contributed by atoms with Crippen molar-refractivity contribution in [1.82, 2.24) is 4.90 Å². The van der Waals surface area contributed by atoms with Crippen molar-refractivity contribution in [3.05, 3.63) is 88.3 Å². The van der Waals surface area contributed by atoms with E-state index in [1.54, 1.807) is 36.4 Å². The van der Waals surface area contributed by atoms with Gasteiger partial charge in [0.2, 0.25) is 5.91 Å². The first-order chi connectivity index (χ1) is 14.2. The minimum absolute atomic E-state index is 0.0779. The Bertz CT molecular complexity index is 1040. The number of carbonyl (C=O) groups excluding carboxylic acids is 2. The molecule has 0 aliphatic heterocycles. The number of anilines is 1. The third-order valence-electron chi connectivity index (χ3n) is 4.13. The molecule has 0 aliphatic carbocycles. The van der Waals surface area contributed by atoms with Crippen LogP contribution in [0.15, 0.2) is 75.8 Å². The quantitative estimate of drug-likeness (QED) is 0.517. The lowest BCUT2D eigenvalue weighted by Crippen LogP contribution is -2.37. The van der Waals surface area contributed by atoms with E-state index in [0.29, 0.717) is 15.9 Å².